The number of allylic oxidation sites excluding steroid dienone is 1. The van der Waals surface area contributed by atoms with Crippen molar-refractivity contribution in [2.24, 2.45) is 0 Å². The van der Waals surface area contributed by atoms with Gasteiger partial charge < -0.3 is 0 Å². The third-order valence-corrected chi connectivity index (χ3v) is 2.96. The van der Waals surface area contributed by atoms with Gasteiger partial charge >= 0.3 is 0 Å². The second kappa shape index (κ2) is 4.76. The van der Waals surface area contributed by atoms with E-state index in [-0.39, 0.29) is 16.1 Å². The van der Waals surface area contributed by atoms with E-state index in [4.69, 9.17) is 58.0 Å². The first-order valence-corrected chi connectivity index (χ1v) is 4.97. The van der Waals surface area contributed by atoms with Crippen LogP contribution in [0, 0.1) is 0 Å². The molecule has 1 aromatic rings. The SMILES string of the molecule is ClC(Cl)=C(Cl)Cn1ncc(Cl)c1Cl. The van der Waals surface area contributed by atoms with Gasteiger partial charge in [0.1, 0.15) is 9.64 Å². The largest absolute Gasteiger partial charge is 0.247 e. The Bertz CT molecular complexity index is 339. The molecule has 0 fully saturated rings. The fourth-order valence-electron chi connectivity index (χ4n) is 0.649. The van der Waals surface area contributed by atoms with E-state index >= 15 is 0 Å². The van der Waals surface area contributed by atoms with Gasteiger partial charge in [0.25, 0.3) is 0 Å². The van der Waals surface area contributed by atoms with Gasteiger partial charge in [-0.15, -0.1) is 0 Å². The minimum atomic E-state index is -0.00986. The van der Waals surface area contributed by atoms with Gasteiger partial charge in [0, 0.05) is 0 Å². The third kappa shape index (κ3) is 2.93. The molecule has 0 saturated heterocycles. The van der Waals surface area contributed by atoms with E-state index in [9.17, 15) is 0 Å². The second-order valence-electron chi connectivity index (χ2n) is 2.11. The van der Waals surface area contributed by atoms with Gasteiger partial charge in [0.15, 0.2) is 0 Å². The molecule has 0 N–H and O–H groups in total. The molecular formula is C6H3Cl5N2. The van der Waals surface area contributed by atoms with Crippen LogP contribution < -0.4 is 0 Å². The fraction of sp³-hybridized carbons (Fsp3) is 0.167. The minimum absolute atomic E-state index is 0.00986. The van der Waals surface area contributed by atoms with Gasteiger partial charge in [-0.3, -0.25) is 0 Å². The molecule has 0 saturated carbocycles. The summed E-state index contributed by atoms with van der Waals surface area (Å²) in [7, 11) is 0. The topological polar surface area (TPSA) is 17.8 Å². The standard InChI is InChI=1S/C6H3Cl5N2/c7-3-1-12-13(6(3)11)2-4(8)5(9)10/h1H,2H2. The normalized spacial score (nSPS) is 10.2. The molecule has 2 nitrogen and oxygen atoms in total. The maximum absolute atomic E-state index is 5.76. The molecule has 0 amide bonds. The molecule has 1 rings (SSSR count). The number of hydrogen-bond donors (Lipinski definition) is 0. The number of aromatic nitrogens is 2. The van der Waals surface area contributed by atoms with Crippen molar-refractivity contribution in [3.8, 4) is 0 Å². The van der Waals surface area contributed by atoms with Gasteiger partial charge in [-0.1, -0.05) is 58.0 Å². The zero-order chi connectivity index (χ0) is 10.0. The highest BCUT2D eigenvalue weighted by Gasteiger charge is 2.08. The highest BCUT2D eigenvalue weighted by atomic mass is 35.5. The molecule has 13 heavy (non-hydrogen) atoms. The Morgan fingerprint density at radius 3 is 2.31 bits per heavy atom. The molecule has 0 aliphatic carbocycles. The van der Waals surface area contributed by atoms with Crippen LogP contribution in [-0.2, 0) is 6.54 Å². The average molecular weight is 280 g/mol. The molecule has 0 radical (unpaired) electrons. The lowest BCUT2D eigenvalue weighted by Crippen LogP contribution is -2.00. The molecule has 0 unspecified atom stereocenters. The summed E-state index contributed by atoms with van der Waals surface area (Å²) in [4.78, 5) is 0. The van der Waals surface area contributed by atoms with E-state index in [1.165, 1.54) is 10.9 Å². The van der Waals surface area contributed by atoms with Gasteiger partial charge in [-0.05, 0) is 0 Å². The fourth-order valence-corrected chi connectivity index (χ4v) is 1.18. The Kier molecular flexibility index (Phi) is 4.20. The molecule has 0 aromatic carbocycles. The van der Waals surface area contributed by atoms with Crippen LogP contribution in [0.2, 0.25) is 10.2 Å². The van der Waals surface area contributed by atoms with Crippen LogP contribution in [0.25, 0.3) is 0 Å². The van der Waals surface area contributed by atoms with Crippen molar-refractivity contribution in [1.29, 1.82) is 0 Å². The number of hydrogen-bond acceptors (Lipinski definition) is 1. The van der Waals surface area contributed by atoms with Crippen molar-refractivity contribution in [1.82, 2.24) is 9.78 Å². The third-order valence-electron chi connectivity index (χ3n) is 1.23. The Balaban J connectivity index is 2.87. The quantitative estimate of drug-likeness (QED) is 0.798. The summed E-state index contributed by atoms with van der Waals surface area (Å²) in [5.41, 5.74) is 0. The molecule has 1 heterocycles. The van der Waals surface area contributed by atoms with E-state index in [2.05, 4.69) is 5.10 Å². The van der Waals surface area contributed by atoms with Crippen LogP contribution in [0.1, 0.15) is 0 Å². The van der Waals surface area contributed by atoms with E-state index in [0.717, 1.165) is 0 Å². The van der Waals surface area contributed by atoms with E-state index in [1.54, 1.807) is 0 Å². The molecule has 72 valence electrons. The minimum Gasteiger partial charge on any atom is -0.247 e. The maximum Gasteiger partial charge on any atom is 0.146 e. The monoisotopic (exact) mass is 278 g/mol. The zero-order valence-electron chi connectivity index (χ0n) is 6.07. The lowest BCUT2D eigenvalue weighted by molar-refractivity contribution is 0.695. The van der Waals surface area contributed by atoms with Crippen LogP contribution in [0.5, 0.6) is 0 Å². The first kappa shape index (κ1) is 11.5. The van der Waals surface area contributed by atoms with E-state index in [0.29, 0.717) is 10.2 Å². The predicted molar refractivity (Wildman–Crippen MR) is 56.8 cm³/mol. The Morgan fingerprint density at radius 2 is 1.92 bits per heavy atom. The first-order valence-electron chi connectivity index (χ1n) is 3.09. The van der Waals surface area contributed by atoms with Crippen LogP contribution >= 0.6 is 58.0 Å². The maximum atomic E-state index is 5.76. The van der Waals surface area contributed by atoms with Crippen molar-refractivity contribution in [3.05, 3.63) is 25.9 Å². The lowest BCUT2D eigenvalue weighted by atomic mass is 10.6. The molecule has 0 atom stereocenters. The summed E-state index contributed by atoms with van der Waals surface area (Å²) in [6, 6.07) is 0. The Labute approximate surface area is 100.0 Å². The number of nitrogens with zero attached hydrogens (tertiary/aromatic N) is 2. The lowest BCUT2D eigenvalue weighted by Gasteiger charge is -2.01. The van der Waals surface area contributed by atoms with Crippen molar-refractivity contribution in [2.45, 2.75) is 6.54 Å². The highest BCUT2D eigenvalue weighted by Crippen LogP contribution is 2.24. The molecule has 1 aromatic heterocycles. The molecule has 0 aliphatic rings. The average Bonchev–Trinajstić information content (AvgIpc) is 2.36. The molecule has 0 spiro atoms. The van der Waals surface area contributed by atoms with Crippen molar-refractivity contribution in [3.63, 3.8) is 0 Å². The van der Waals surface area contributed by atoms with Crippen LogP contribution in [0.15, 0.2) is 15.7 Å². The van der Waals surface area contributed by atoms with Crippen molar-refractivity contribution >= 4 is 58.0 Å². The Morgan fingerprint density at radius 1 is 1.31 bits per heavy atom. The smallest absolute Gasteiger partial charge is 0.146 e. The number of rotatable bonds is 2. The van der Waals surface area contributed by atoms with Crippen LogP contribution in [0.3, 0.4) is 0 Å². The van der Waals surface area contributed by atoms with Gasteiger partial charge in [-0.25, -0.2) is 4.68 Å². The zero-order valence-corrected chi connectivity index (χ0v) is 9.85. The first-order chi connectivity index (χ1) is 6.02. The summed E-state index contributed by atoms with van der Waals surface area (Å²) in [6.07, 6.45) is 1.41. The van der Waals surface area contributed by atoms with Gasteiger partial charge in [0.2, 0.25) is 0 Å². The van der Waals surface area contributed by atoms with Crippen LogP contribution in [-0.4, -0.2) is 9.78 Å². The second-order valence-corrected chi connectivity index (χ2v) is 4.28. The van der Waals surface area contributed by atoms with Gasteiger partial charge in [-0.2, -0.15) is 5.10 Å². The van der Waals surface area contributed by atoms with E-state index < -0.39 is 0 Å². The molecular weight excluding hydrogens is 277 g/mol. The summed E-state index contributed by atoms with van der Waals surface area (Å²) in [5, 5.41) is 4.77. The van der Waals surface area contributed by atoms with Gasteiger partial charge in [0.05, 0.1) is 22.8 Å². The molecule has 0 bridgehead atoms. The molecule has 0 aliphatic heterocycles. The van der Waals surface area contributed by atoms with Crippen molar-refractivity contribution < 1.29 is 0 Å². The van der Waals surface area contributed by atoms with E-state index in [1.807, 2.05) is 0 Å². The Hall–Kier alpha value is 0.400. The summed E-state index contributed by atoms with van der Waals surface area (Å²) in [5.74, 6) is 0. The summed E-state index contributed by atoms with van der Waals surface area (Å²) in [6.45, 7) is 0.204. The summed E-state index contributed by atoms with van der Waals surface area (Å²) >= 11 is 28.0. The summed E-state index contributed by atoms with van der Waals surface area (Å²) < 4.78 is 1.38. The number of halogens is 5. The van der Waals surface area contributed by atoms with Crippen LogP contribution in [0.4, 0.5) is 0 Å². The van der Waals surface area contributed by atoms with Crippen molar-refractivity contribution in [2.75, 3.05) is 0 Å². The predicted octanol–water partition coefficient (Wildman–Crippen LogP) is 4.08. The molecule has 7 heteroatoms. The highest BCUT2D eigenvalue weighted by molar-refractivity contribution is 6.59.